The van der Waals surface area contributed by atoms with Gasteiger partial charge >= 0.3 is 13.8 Å². The minimum absolute atomic E-state index is 0.0976. The van der Waals surface area contributed by atoms with Gasteiger partial charge in [0.2, 0.25) is 0 Å². The number of esters is 1. The van der Waals surface area contributed by atoms with Gasteiger partial charge in [-0.05, 0) is 77.0 Å². The van der Waals surface area contributed by atoms with Gasteiger partial charge in [0, 0.05) is 19.6 Å². The summed E-state index contributed by atoms with van der Waals surface area (Å²) in [4.78, 5) is 22.6. The van der Waals surface area contributed by atoms with Crippen molar-refractivity contribution in [1.82, 2.24) is 0 Å². The van der Waals surface area contributed by atoms with Crippen LogP contribution in [0.5, 0.6) is 0 Å². The number of nitrogens with two attached hydrogens (primary N) is 1. The van der Waals surface area contributed by atoms with Gasteiger partial charge in [0.15, 0.2) is 0 Å². The monoisotopic (exact) mass is 892 g/mol. The fourth-order valence-electron chi connectivity index (χ4n) is 7.16. The lowest BCUT2D eigenvalue weighted by atomic mass is 10.0. The number of unbranched alkanes of at least 4 members (excludes halogenated alkanes) is 26. The number of phosphoric acid groups is 1. The second-order valence-corrected chi connectivity index (χ2v) is 18.5. The fourth-order valence-corrected chi connectivity index (χ4v) is 7.93. The molecule has 0 rings (SSSR count). The van der Waals surface area contributed by atoms with Crippen molar-refractivity contribution < 1.29 is 32.8 Å². The summed E-state index contributed by atoms with van der Waals surface area (Å²) in [7, 11) is -4.29. The summed E-state index contributed by atoms with van der Waals surface area (Å²) < 4.78 is 33.6. The second-order valence-electron chi connectivity index (χ2n) is 17.0. The molecule has 9 heteroatoms. The molecule has 0 saturated heterocycles. The van der Waals surface area contributed by atoms with Gasteiger partial charge in [0.05, 0.1) is 19.8 Å². The Morgan fingerprint density at radius 2 is 0.903 bits per heavy atom. The van der Waals surface area contributed by atoms with Crippen LogP contribution >= 0.6 is 7.82 Å². The first-order chi connectivity index (χ1) is 30.4. The lowest BCUT2D eigenvalue weighted by Crippen LogP contribution is -2.28. The molecule has 3 N–H and O–H groups in total. The fraction of sp³-hybridized carbons (Fsp3) is 0.792. The maximum absolute atomic E-state index is 12.7. The van der Waals surface area contributed by atoms with Crippen molar-refractivity contribution in [2.75, 3.05) is 33.0 Å². The van der Waals surface area contributed by atoms with E-state index in [1.54, 1.807) is 0 Å². The lowest BCUT2D eigenvalue weighted by molar-refractivity contribution is -0.154. The number of hydrogen-bond acceptors (Lipinski definition) is 7. The Hall–Kier alpha value is -1.80. The zero-order valence-electron chi connectivity index (χ0n) is 40.3. The van der Waals surface area contributed by atoms with E-state index in [9.17, 15) is 14.3 Å². The topological polar surface area (TPSA) is 117 Å². The summed E-state index contributed by atoms with van der Waals surface area (Å²) in [5, 5.41) is 0. The van der Waals surface area contributed by atoms with Crippen molar-refractivity contribution in [3.8, 4) is 0 Å². The molecule has 362 valence electrons. The van der Waals surface area contributed by atoms with Gasteiger partial charge in [-0.3, -0.25) is 13.8 Å². The van der Waals surface area contributed by atoms with Crippen LogP contribution in [0.1, 0.15) is 232 Å². The average Bonchev–Trinajstić information content (AvgIpc) is 3.26. The molecule has 0 amide bonds. The van der Waals surface area contributed by atoms with E-state index < -0.39 is 13.9 Å². The van der Waals surface area contributed by atoms with Crippen LogP contribution in [0.4, 0.5) is 0 Å². The molecule has 2 atom stereocenters. The molecule has 0 saturated carbocycles. The highest BCUT2D eigenvalue weighted by Crippen LogP contribution is 2.43. The van der Waals surface area contributed by atoms with Crippen LogP contribution in [-0.4, -0.2) is 49.9 Å². The molecule has 62 heavy (non-hydrogen) atoms. The minimum Gasteiger partial charge on any atom is -0.457 e. The average molecular weight is 892 g/mol. The molecule has 0 fully saturated rings. The molecule has 0 aliphatic heterocycles. The molecule has 2 unspecified atom stereocenters. The van der Waals surface area contributed by atoms with Crippen LogP contribution in [0.3, 0.4) is 0 Å². The Morgan fingerprint density at radius 3 is 1.37 bits per heavy atom. The van der Waals surface area contributed by atoms with Crippen LogP contribution < -0.4 is 5.73 Å². The van der Waals surface area contributed by atoms with E-state index in [2.05, 4.69) is 74.6 Å². The first-order valence-corrected chi connectivity index (χ1v) is 27.3. The molecule has 0 aliphatic rings. The van der Waals surface area contributed by atoms with Crippen LogP contribution in [0, 0.1) is 0 Å². The molecule has 0 aromatic rings. The molecule has 0 aromatic carbocycles. The van der Waals surface area contributed by atoms with Gasteiger partial charge in [-0.1, -0.05) is 209 Å². The van der Waals surface area contributed by atoms with Gasteiger partial charge in [-0.15, -0.1) is 0 Å². The van der Waals surface area contributed by atoms with Crippen LogP contribution in [0.2, 0.25) is 0 Å². The van der Waals surface area contributed by atoms with Gasteiger partial charge in [0.25, 0.3) is 0 Å². The first-order valence-electron chi connectivity index (χ1n) is 25.8. The number of rotatable bonds is 49. The molecule has 0 aliphatic carbocycles. The number of ether oxygens (including phenoxy) is 2. The molecular weight excluding hydrogens is 794 g/mol. The van der Waals surface area contributed by atoms with E-state index in [-0.39, 0.29) is 32.3 Å². The van der Waals surface area contributed by atoms with E-state index in [0.717, 1.165) is 57.8 Å². The maximum atomic E-state index is 12.7. The normalized spacial score (nSPS) is 13.8. The molecule has 0 heterocycles. The number of carbonyl (C=O) groups is 1. The van der Waals surface area contributed by atoms with Crippen LogP contribution in [-0.2, 0) is 27.9 Å². The third kappa shape index (κ3) is 49.2. The summed E-state index contributed by atoms with van der Waals surface area (Å²) in [6.45, 7) is 4.82. The first kappa shape index (κ1) is 60.2. The Morgan fingerprint density at radius 1 is 0.500 bits per heavy atom. The number of hydrogen-bond donors (Lipinski definition) is 2. The second kappa shape index (κ2) is 50.2. The van der Waals surface area contributed by atoms with E-state index in [0.29, 0.717) is 13.0 Å². The van der Waals surface area contributed by atoms with E-state index in [4.69, 9.17) is 24.3 Å². The highest BCUT2D eigenvalue weighted by atomic mass is 31.2. The standard InChI is InChI=1S/C53H98NO7P/c1-3-5-7-9-11-13-15-17-19-21-23-24-25-26-27-28-29-30-32-34-36-38-40-42-44-46-53(55)61-52(51-60-62(56,57)59-49-47-54)50-58-48-45-43-41-39-37-35-33-31-22-20-18-16-14-12-10-8-6-4-2/h5,7,11,13,17-20,23-24,52H,3-4,6,8-10,12,14-16,21-22,25-51,54H2,1-2H3,(H,56,57)/b7-5-,13-11-,19-17-,20-18-,24-23-. The van der Waals surface area contributed by atoms with Gasteiger partial charge < -0.3 is 20.1 Å². The zero-order chi connectivity index (χ0) is 45.1. The third-order valence-corrected chi connectivity index (χ3v) is 11.9. The maximum Gasteiger partial charge on any atom is 0.472 e. The Bertz CT molecular complexity index is 1140. The smallest absolute Gasteiger partial charge is 0.457 e. The van der Waals surface area contributed by atoms with Crippen molar-refractivity contribution in [2.24, 2.45) is 5.73 Å². The highest BCUT2D eigenvalue weighted by molar-refractivity contribution is 7.47. The molecule has 0 aromatic heterocycles. The van der Waals surface area contributed by atoms with Crippen LogP contribution in [0.25, 0.3) is 0 Å². The summed E-state index contributed by atoms with van der Waals surface area (Å²) in [6, 6.07) is 0. The van der Waals surface area contributed by atoms with Gasteiger partial charge in [-0.2, -0.15) is 0 Å². The van der Waals surface area contributed by atoms with E-state index in [1.165, 1.54) is 154 Å². The van der Waals surface area contributed by atoms with Crippen molar-refractivity contribution in [3.05, 3.63) is 60.8 Å². The molecule has 0 spiro atoms. The Kier molecular flexibility index (Phi) is 48.7. The summed E-state index contributed by atoms with van der Waals surface area (Å²) in [5.41, 5.74) is 5.39. The molecule has 0 bridgehead atoms. The zero-order valence-corrected chi connectivity index (χ0v) is 41.2. The van der Waals surface area contributed by atoms with Gasteiger partial charge in [0.1, 0.15) is 6.10 Å². The van der Waals surface area contributed by atoms with Crippen molar-refractivity contribution >= 4 is 13.8 Å². The predicted octanol–water partition coefficient (Wildman–Crippen LogP) is 16.1. The van der Waals surface area contributed by atoms with Crippen molar-refractivity contribution in [3.63, 3.8) is 0 Å². The number of carbonyl (C=O) groups excluding carboxylic acids is 1. The molecule has 8 nitrogen and oxygen atoms in total. The lowest BCUT2D eigenvalue weighted by Gasteiger charge is -2.20. The van der Waals surface area contributed by atoms with Crippen LogP contribution in [0.15, 0.2) is 60.8 Å². The highest BCUT2D eigenvalue weighted by Gasteiger charge is 2.25. The molecule has 0 radical (unpaired) electrons. The SMILES string of the molecule is CC/C=C\C/C=C\C/C=C\C/C=C\CCCCCCCCCCCCCCC(=O)OC(COCCCCCCCCCC/C=C\CCCCCCCC)COP(=O)(O)OCCN. The summed E-state index contributed by atoms with van der Waals surface area (Å²) in [6.07, 6.45) is 62.5. The molecular formula is C53H98NO7P. The predicted molar refractivity (Wildman–Crippen MR) is 266 cm³/mol. The van der Waals surface area contributed by atoms with Gasteiger partial charge in [-0.25, -0.2) is 4.57 Å². The quantitative estimate of drug-likeness (QED) is 0.0268. The largest absolute Gasteiger partial charge is 0.472 e. The summed E-state index contributed by atoms with van der Waals surface area (Å²) >= 11 is 0. The Labute approximate surface area is 383 Å². The number of phosphoric ester groups is 1. The summed E-state index contributed by atoms with van der Waals surface area (Å²) in [5.74, 6) is -0.333. The van der Waals surface area contributed by atoms with Crippen molar-refractivity contribution in [1.29, 1.82) is 0 Å². The van der Waals surface area contributed by atoms with E-state index >= 15 is 0 Å². The third-order valence-electron chi connectivity index (χ3n) is 10.9. The minimum atomic E-state index is -4.29. The van der Waals surface area contributed by atoms with Crippen molar-refractivity contribution in [2.45, 2.75) is 238 Å². The Balaban J connectivity index is 3.93. The van der Waals surface area contributed by atoms with E-state index in [1.807, 2.05) is 0 Å². The number of allylic oxidation sites excluding steroid dienone is 10.